The summed E-state index contributed by atoms with van der Waals surface area (Å²) < 4.78 is 7.28. The van der Waals surface area contributed by atoms with Crippen LogP contribution in [0, 0.1) is 0 Å². The van der Waals surface area contributed by atoms with Crippen molar-refractivity contribution in [3.8, 4) is 0 Å². The zero-order chi connectivity index (χ0) is 19.0. The molecule has 1 aliphatic rings. The van der Waals surface area contributed by atoms with Crippen molar-refractivity contribution in [2.75, 3.05) is 31.6 Å². The van der Waals surface area contributed by atoms with Crippen molar-refractivity contribution in [3.05, 3.63) is 52.3 Å². The number of hydrogen-bond donors (Lipinski definition) is 1. The van der Waals surface area contributed by atoms with Gasteiger partial charge in [0.2, 0.25) is 0 Å². The summed E-state index contributed by atoms with van der Waals surface area (Å²) >= 11 is 12.1. The number of carbonyl (C=O) groups is 1. The van der Waals surface area contributed by atoms with Crippen LogP contribution in [0.5, 0.6) is 0 Å². The van der Waals surface area contributed by atoms with Crippen LogP contribution >= 0.6 is 35.6 Å². The van der Waals surface area contributed by atoms with E-state index in [4.69, 9.17) is 27.9 Å². The summed E-state index contributed by atoms with van der Waals surface area (Å²) in [5.41, 5.74) is 2.19. The largest absolute Gasteiger partial charge is 0.378 e. The van der Waals surface area contributed by atoms with Gasteiger partial charge in [-0.1, -0.05) is 23.2 Å². The van der Waals surface area contributed by atoms with Crippen LogP contribution in [0.3, 0.4) is 0 Å². The average molecular weight is 442 g/mol. The molecule has 0 bridgehead atoms. The van der Waals surface area contributed by atoms with Crippen LogP contribution in [-0.2, 0) is 11.8 Å². The molecule has 6 nitrogen and oxygen atoms in total. The number of nitrogens with one attached hydrogen (secondary N) is 1. The Kier molecular flexibility index (Phi) is 6.35. The molecule has 28 heavy (non-hydrogen) atoms. The number of nitrogens with zero attached hydrogens (tertiary/aromatic N) is 3. The molecule has 1 amide bonds. The molecule has 1 saturated heterocycles. The van der Waals surface area contributed by atoms with Crippen LogP contribution in [0.2, 0.25) is 10.0 Å². The first-order chi connectivity index (χ1) is 13.0. The number of halogens is 3. The predicted octanol–water partition coefficient (Wildman–Crippen LogP) is 4.52. The summed E-state index contributed by atoms with van der Waals surface area (Å²) in [5.74, 6) is 0.626. The third-order valence-electron chi connectivity index (χ3n) is 4.62. The van der Waals surface area contributed by atoms with Crippen LogP contribution < -0.4 is 5.32 Å². The fraction of sp³-hybridized carbons (Fsp3) is 0.263. The number of rotatable bonds is 3. The van der Waals surface area contributed by atoms with E-state index in [9.17, 15) is 4.79 Å². The lowest BCUT2D eigenvalue weighted by Crippen LogP contribution is -2.40. The Hall–Kier alpha value is -1.99. The van der Waals surface area contributed by atoms with E-state index in [1.165, 1.54) is 0 Å². The Balaban J connectivity index is 0.00000225. The number of aryl methyl sites for hydroxylation is 1. The normalized spacial score (nSPS) is 14.0. The Morgan fingerprint density at radius 3 is 2.64 bits per heavy atom. The van der Waals surface area contributed by atoms with Gasteiger partial charge in [-0.05, 0) is 24.3 Å². The van der Waals surface area contributed by atoms with Crippen molar-refractivity contribution < 1.29 is 9.53 Å². The van der Waals surface area contributed by atoms with Gasteiger partial charge in [-0.15, -0.1) is 12.4 Å². The number of pyridine rings is 1. The van der Waals surface area contributed by atoms with Crippen molar-refractivity contribution in [1.29, 1.82) is 0 Å². The molecule has 0 spiro atoms. The molecule has 9 heteroatoms. The predicted molar refractivity (Wildman–Crippen MR) is 114 cm³/mol. The molecular weight excluding hydrogens is 423 g/mol. The maximum Gasteiger partial charge on any atom is 0.257 e. The van der Waals surface area contributed by atoms with Crippen LogP contribution in [0.1, 0.15) is 10.4 Å². The lowest BCUT2D eigenvalue weighted by molar-refractivity contribution is 0.0303. The van der Waals surface area contributed by atoms with E-state index in [0.29, 0.717) is 47.7 Å². The van der Waals surface area contributed by atoms with Crippen molar-refractivity contribution in [1.82, 2.24) is 14.5 Å². The molecule has 0 aliphatic carbocycles. The Labute approximate surface area is 178 Å². The molecule has 0 radical (unpaired) electrons. The van der Waals surface area contributed by atoms with Gasteiger partial charge in [-0.3, -0.25) is 4.79 Å². The van der Waals surface area contributed by atoms with Gasteiger partial charge >= 0.3 is 0 Å². The van der Waals surface area contributed by atoms with Crippen LogP contribution in [0.25, 0.3) is 10.9 Å². The topological polar surface area (TPSA) is 59.4 Å². The summed E-state index contributed by atoms with van der Waals surface area (Å²) in [6.45, 7) is 2.31. The molecule has 1 fully saturated rings. The van der Waals surface area contributed by atoms with Crippen LogP contribution in [-0.4, -0.2) is 46.7 Å². The molecule has 0 unspecified atom stereocenters. The fourth-order valence-corrected chi connectivity index (χ4v) is 3.52. The molecular formula is C19H19Cl3N4O2. The standard InChI is InChI=1S/C19H18Cl2N4O2.ClH/c1-24-5-4-13-17(24)14(19(26)25-6-8-27-9-7-25)11-22-18(13)23-12-2-3-15(20)16(21)10-12;/h2-5,10-11H,6-9H2,1H3,(H,22,23);1H. The van der Waals surface area contributed by atoms with Gasteiger partial charge in [0, 0.05) is 43.6 Å². The average Bonchev–Trinajstić information content (AvgIpc) is 3.08. The first-order valence-corrected chi connectivity index (χ1v) is 9.33. The molecule has 3 aromatic rings. The minimum atomic E-state index is -0.0290. The van der Waals surface area contributed by atoms with E-state index in [0.717, 1.165) is 16.6 Å². The highest BCUT2D eigenvalue weighted by atomic mass is 35.5. The molecule has 1 aromatic carbocycles. The zero-order valence-electron chi connectivity index (χ0n) is 15.1. The van der Waals surface area contributed by atoms with Crippen LogP contribution in [0.4, 0.5) is 11.5 Å². The van der Waals surface area contributed by atoms with Gasteiger partial charge in [0.05, 0.1) is 34.3 Å². The van der Waals surface area contributed by atoms with Crippen molar-refractivity contribution in [2.45, 2.75) is 0 Å². The highest BCUT2D eigenvalue weighted by Gasteiger charge is 2.23. The molecule has 1 N–H and O–H groups in total. The minimum absolute atomic E-state index is 0. The first kappa shape index (κ1) is 20.7. The molecule has 1 aliphatic heterocycles. The summed E-state index contributed by atoms with van der Waals surface area (Å²) in [4.78, 5) is 19.3. The highest BCUT2D eigenvalue weighted by Crippen LogP contribution is 2.31. The number of benzene rings is 1. The van der Waals surface area contributed by atoms with Gasteiger partial charge in [-0.25, -0.2) is 4.98 Å². The molecule has 4 rings (SSSR count). The molecule has 2 aromatic heterocycles. The second kappa shape index (κ2) is 8.57. The van der Waals surface area contributed by atoms with Crippen molar-refractivity contribution in [2.24, 2.45) is 7.05 Å². The van der Waals surface area contributed by atoms with Gasteiger partial charge < -0.3 is 19.5 Å². The maximum absolute atomic E-state index is 13.0. The number of hydrogen-bond acceptors (Lipinski definition) is 4. The zero-order valence-corrected chi connectivity index (χ0v) is 17.4. The van der Waals surface area contributed by atoms with E-state index in [1.54, 1.807) is 23.2 Å². The molecule has 0 atom stereocenters. The van der Waals surface area contributed by atoms with Gasteiger partial charge in [0.25, 0.3) is 5.91 Å². The summed E-state index contributed by atoms with van der Waals surface area (Å²) in [7, 11) is 1.92. The summed E-state index contributed by atoms with van der Waals surface area (Å²) in [5, 5.41) is 5.08. The quantitative estimate of drug-likeness (QED) is 0.649. The second-order valence-electron chi connectivity index (χ2n) is 6.37. The van der Waals surface area contributed by atoms with Gasteiger partial charge in [0.15, 0.2) is 0 Å². The summed E-state index contributed by atoms with van der Waals surface area (Å²) in [6, 6.07) is 7.24. The number of carbonyl (C=O) groups excluding carboxylic acids is 1. The fourth-order valence-electron chi connectivity index (χ4n) is 3.22. The number of fused-ring (bicyclic) bond motifs is 1. The SMILES string of the molecule is Cl.Cn1ccc2c(Nc3ccc(Cl)c(Cl)c3)ncc(C(=O)N3CCOCC3)c21. The minimum Gasteiger partial charge on any atom is -0.378 e. The monoisotopic (exact) mass is 440 g/mol. The Morgan fingerprint density at radius 1 is 1.18 bits per heavy atom. The second-order valence-corrected chi connectivity index (χ2v) is 7.18. The molecule has 3 heterocycles. The molecule has 148 valence electrons. The van der Waals surface area contributed by atoms with Crippen molar-refractivity contribution >= 4 is 63.9 Å². The number of aromatic nitrogens is 2. The lowest BCUT2D eigenvalue weighted by Gasteiger charge is -2.27. The van der Waals surface area contributed by atoms with E-state index in [1.807, 2.05) is 29.9 Å². The van der Waals surface area contributed by atoms with Gasteiger partial charge in [-0.2, -0.15) is 0 Å². The number of ether oxygens (including phenoxy) is 1. The van der Waals surface area contributed by atoms with E-state index < -0.39 is 0 Å². The number of amides is 1. The lowest BCUT2D eigenvalue weighted by atomic mass is 10.1. The highest BCUT2D eigenvalue weighted by molar-refractivity contribution is 6.42. The first-order valence-electron chi connectivity index (χ1n) is 8.58. The number of anilines is 2. The third kappa shape index (κ3) is 3.91. The van der Waals surface area contributed by atoms with Gasteiger partial charge in [0.1, 0.15) is 5.82 Å². The Morgan fingerprint density at radius 2 is 1.93 bits per heavy atom. The third-order valence-corrected chi connectivity index (χ3v) is 5.36. The van der Waals surface area contributed by atoms with E-state index in [-0.39, 0.29) is 18.3 Å². The molecule has 0 saturated carbocycles. The van der Waals surface area contributed by atoms with Crippen molar-refractivity contribution in [3.63, 3.8) is 0 Å². The van der Waals surface area contributed by atoms with E-state index >= 15 is 0 Å². The number of morpholine rings is 1. The van der Waals surface area contributed by atoms with E-state index in [2.05, 4.69) is 10.3 Å². The maximum atomic E-state index is 13.0. The Bertz CT molecular complexity index is 1020. The summed E-state index contributed by atoms with van der Waals surface area (Å²) in [6.07, 6.45) is 3.54. The smallest absolute Gasteiger partial charge is 0.257 e. The van der Waals surface area contributed by atoms with Crippen LogP contribution in [0.15, 0.2) is 36.7 Å².